The second kappa shape index (κ2) is 7.40. The van der Waals surface area contributed by atoms with Crippen LogP contribution >= 0.6 is 27.7 Å². The van der Waals surface area contributed by atoms with Crippen LogP contribution in [0.25, 0.3) is 11.0 Å². The van der Waals surface area contributed by atoms with Gasteiger partial charge < -0.3 is 14.1 Å². The fourth-order valence-electron chi connectivity index (χ4n) is 3.12. The molecule has 138 valence electrons. The maximum absolute atomic E-state index is 13.1. The summed E-state index contributed by atoms with van der Waals surface area (Å²) in [6.45, 7) is 0.580. The molecule has 2 heterocycles. The number of hydrogen-bond acceptors (Lipinski definition) is 5. The molecule has 1 atom stereocenters. The molecule has 0 saturated carbocycles. The van der Waals surface area contributed by atoms with Crippen LogP contribution in [-0.2, 0) is 0 Å². The Bertz CT molecular complexity index is 1060. The number of rotatable bonds is 3. The van der Waals surface area contributed by atoms with E-state index >= 15 is 0 Å². The maximum atomic E-state index is 13.1. The number of fused-ring (bicyclic) bond motifs is 1. The molecule has 3 aromatic rings. The summed E-state index contributed by atoms with van der Waals surface area (Å²) in [6.07, 6.45) is 0. The average molecular weight is 446 g/mol. The van der Waals surface area contributed by atoms with Crippen molar-refractivity contribution < 1.29 is 13.9 Å². The molecule has 7 heteroatoms. The van der Waals surface area contributed by atoms with Crippen LogP contribution in [0.1, 0.15) is 21.3 Å². The van der Waals surface area contributed by atoms with E-state index in [9.17, 15) is 9.59 Å². The van der Waals surface area contributed by atoms with Gasteiger partial charge in [-0.05, 0) is 42.0 Å². The minimum atomic E-state index is -0.611. The molecule has 1 aliphatic rings. The van der Waals surface area contributed by atoms with Crippen LogP contribution < -0.4 is 10.4 Å². The van der Waals surface area contributed by atoms with Gasteiger partial charge >= 0.3 is 5.63 Å². The largest absolute Gasteiger partial charge is 0.497 e. The Morgan fingerprint density at radius 3 is 2.74 bits per heavy atom. The summed E-state index contributed by atoms with van der Waals surface area (Å²) in [5.41, 5.74) is 0.906. The van der Waals surface area contributed by atoms with Gasteiger partial charge in [0, 0.05) is 22.2 Å². The number of ether oxygens (including phenoxy) is 1. The Morgan fingerprint density at radius 1 is 1.22 bits per heavy atom. The predicted molar refractivity (Wildman–Crippen MR) is 109 cm³/mol. The third-order valence-electron chi connectivity index (χ3n) is 4.48. The Labute approximate surface area is 168 Å². The lowest BCUT2D eigenvalue weighted by atomic mass is 10.1. The standard InChI is InChI=1S/C20H16BrNO4S/c1-25-15-5-2-12(3-6-15)19-22(8-9-27-19)18(23)16-11-13-10-14(21)4-7-17(13)26-20(16)24/h2-7,10-11,19H,8-9H2,1H3. The first-order chi connectivity index (χ1) is 13.1. The highest BCUT2D eigenvalue weighted by atomic mass is 79.9. The smallest absolute Gasteiger partial charge is 0.349 e. The van der Waals surface area contributed by atoms with Gasteiger partial charge in [0.15, 0.2) is 0 Å². The maximum Gasteiger partial charge on any atom is 0.349 e. The fraction of sp³-hybridized carbons (Fsp3) is 0.200. The first-order valence-corrected chi connectivity index (χ1v) is 10.2. The number of benzene rings is 2. The van der Waals surface area contributed by atoms with Crippen molar-refractivity contribution in [3.63, 3.8) is 0 Å². The van der Waals surface area contributed by atoms with Crippen molar-refractivity contribution in [2.75, 3.05) is 19.4 Å². The molecule has 0 aliphatic carbocycles. The summed E-state index contributed by atoms with van der Waals surface area (Å²) in [4.78, 5) is 27.2. The van der Waals surface area contributed by atoms with E-state index < -0.39 is 5.63 Å². The monoisotopic (exact) mass is 445 g/mol. The van der Waals surface area contributed by atoms with E-state index in [4.69, 9.17) is 9.15 Å². The van der Waals surface area contributed by atoms with E-state index in [0.29, 0.717) is 17.5 Å². The first kappa shape index (κ1) is 18.1. The summed E-state index contributed by atoms with van der Waals surface area (Å²) in [7, 11) is 1.62. The molecule has 4 rings (SSSR count). The van der Waals surface area contributed by atoms with E-state index in [1.807, 2.05) is 30.3 Å². The van der Waals surface area contributed by atoms with Gasteiger partial charge in [0.25, 0.3) is 5.91 Å². The summed E-state index contributed by atoms with van der Waals surface area (Å²) < 4.78 is 11.4. The molecule has 2 aromatic carbocycles. The van der Waals surface area contributed by atoms with Gasteiger partial charge in [0.2, 0.25) is 0 Å². The van der Waals surface area contributed by atoms with Crippen molar-refractivity contribution in [1.82, 2.24) is 4.90 Å². The molecule has 1 aliphatic heterocycles. The lowest BCUT2D eigenvalue weighted by molar-refractivity contribution is 0.0756. The molecule has 27 heavy (non-hydrogen) atoms. The Hall–Kier alpha value is -2.25. The Kier molecular flexibility index (Phi) is 4.97. The number of carbonyl (C=O) groups excluding carboxylic acids is 1. The molecule has 0 radical (unpaired) electrons. The average Bonchev–Trinajstić information content (AvgIpc) is 3.17. The normalized spacial score (nSPS) is 16.7. The van der Waals surface area contributed by atoms with E-state index in [-0.39, 0.29) is 16.8 Å². The molecule has 1 fully saturated rings. The van der Waals surface area contributed by atoms with Crippen molar-refractivity contribution in [3.05, 3.63) is 74.6 Å². The summed E-state index contributed by atoms with van der Waals surface area (Å²) in [5.74, 6) is 1.27. The molecule has 5 nitrogen and oxygen atoms in total. The van der Waals surface area contributed by atoms with Crippen LogP contribution in [-0.4, -0.2) is 30.2 Å². The van der Waals surface area contributed by atoms with E-state index in [1.165, 1.54) is 0 Å². The second-order valence-electron chi connectivity index (χ2n) is 6.12. The molecule has 1 unspecified atom stereocenters. The molecule has 0 N–H and O–H groups in total. The number of methoxy groups -OCH3 is 1. The van der Waals surface area contributed by atoms with Gasteiger partial charge in [-0.15, -0.1) is 11.8 Å². The van der Waals surface area contributed by atoms with Crippen LogP contribution in [0.5, 0.6) is 5.75 Å². The highest BCUT2D eigenvalue weighted by Crippen LogP contribution is 2.39. The zero-order valence-corrected chi connectivity index (χ0v) is 16.9. The number of thioether (sulfide) groups is 1. The third-order valence-corrected chi connectivity index (χ3v) is 6.23. The molecule has 0 bridgehead atoms. The minimum absolute atomic E-state index is 0.0570. The Morgan fingerprint density at radius 2 is 2.00 bits per heavy atom. The fourth-order valence-corrected chi connectivity index (χ4v) is 4.76. The van der Waals surface area contributed by atoms with Gasteiger partial charge in [-0.1, -0.05) is 28.1 Å². The number of halogens is 1. The molecule has 1 amide bonds. The van der Waals surface area contributed by atoms with Crippen molar-refractivity contribution in [2.24, 2.45) is 0 Å². The van der Waals surface area contributed by atoms with Crippen molar-refractivity contribution in [1.29, 1.82) is 0 Å². The minimum Gasteiger partial charge on any atom is -0.497 e. The third kappa shape index (κ3) is 3.49. The van der Waals surface area contributed by atoms with Crippen molar-refractivity contribution >= 4 is 44.6 Å². The quantitative estimate of drug-likeness (QED) is 0.557. The van der Waals surface area contributed by atoms with E-state index in [1.54, 1.807) is 42.0 Å². The van der Waals surface area contributed by atoms with Crippen molar-refractivity contribution in [3.8, 4) is 5.75 Å². The lowest BCUT2D eigenvalue weighted by Gasteiger charge is -2.24. The zero-order chi connectivity index (χ0) is 19.0. The van der Waals surface area contributed by atoms with Crippen molar-refractivity contribution in [2.45, 2.75) is 5.37 Å². The molecular formula is C20H16BrNO4S. The summed E-state index contributed by atoms with van der Waals surface area (Å²) in [5, 5.41) is 0.571. The number of amides is 1. The number of hydrogen-bond donors (Lipinski definition) is 0. The first-order valence-electron chi connectivity index (χ1n) is 8.37. The number of nitrogens with zero attached hydrogens (tertiary/aromatic N) is 1. The molecule has 1 saturated heterocycles. The summed E-state index contributed by atoms with van der Waals surface area (Å²) in [6, 6.07) is 14.6. The van der Waals surface area contributed by atoms with Gasteiger partial charge in [0.05, 0.1) is 7.11 Å². The lowest BCUT2D eigenvalue weighted by Crippen LogP contribution is -2.33. The second-order valence-corrected chi connectivity index (χ2v) is 8.23. The predicted octanol–water partition coefficient (Wildman–Crippen LogP) is 4.45. The van der Waals surface area contributed by atoms with Crippen LogP contribution in [0.3, 0.4) is 0 Å². The van der Waals surface area contributed by atoms with E-state index in [0.717, 1.165) is 21.5 Å². The summed E-state index contributed by atoms with van der Waals surface area (Å²) >= 11 is 5.08. The van der Waals surface area contributed by atoms with Crippen LogP contribution in [0.4, 0.5) is 0 Å². The SMILES string of the molecule is COc1ccc(C2SCCN2C(=O)c2cc3cc(Br)ccc3oc2=O)cc1. The highest BCUT2D eigenvalue weighted by molar-refractivity contribution is 9.10. The molecule has 1 aromatic heterocycles. The topological polar surface area (TPSA) is 59.8 Å². The Balaban J connectivity index is 1.69. The van der Waals surface area contributed by atoms with Gasteiger partial charge in [-0.2, -0.15) is 0 Å². The van der Waals surface area contributed by atoms with Crippen LogP contribution in [0.15, 0.2) is 62.2 Å². The van der Waals surface area contributed by atoms with Gasteiger partial charge in [-0.25, -0.2) is 4.79 Å². The number of carbonyl (C=O) groups is 1. The van der Waals surface area contributed by atoms with Gasteiger partial charge in [0.1, 0.15) is 22.3 Å². The molecule has 0 spiro atoms. The van der Waals surface area contributed by atoms with Crippen LogP contribution in [0.2, 0.25) is 0 Å². The highest BCUT2D eigenvalue weighted by Gasteiger charge is 2.33. The molecular weight excluding hydrogens is 430 g/mol. The zero-order valence-electron chi connectivity index (χ0n) is 14.5. The van der Waals surface area contributed by atoms with Crippen LogP contribution in [0, 0.1) is 0 Å². The van der Waals surface area contributed by atoms with E-state index in [2.05, 4.69) is 15.9 Å². The van der Waals surface area contributed by atoms with Gasteiger partial charge in [-0.3, -0.25) is 4.79 Å².